The summed E-state index contributed by atoms with van der Waals surface area (Å²) in [6.45, 7) is 0.266. The minimum absolute atomic E-state index is 0.0575. The number of carboxylic acid groups (broad SMARTS) is 1. The molecule has 1 N–H and O–H groups in total. The van der Waals surface area contributed by atoms with E-state index in [1.54, 1.807) is 36.4 Å². The molecule has 0 unspecified atom stereocenters. The van der Waals surface area contributed by atoms with Gasteiger partial charge in [0.05, 0.1) is 6.42 Å². The van der Waals surface area contributed by atoms with E-state index < -0.39 is 5.97 Å². The maximum absolute atomic E-state index is 10.7. The molecule has 2 rings (SSSR count). The summed E-state index contributed by atoms with van der Waals surface area (Å²) in [4.78, 5) is 10.7. The predicted molar refractivity (Wildman–Crippen MR) is 68.5 cm³/mol. The maximum atomic E-state index is 10.7. The second-order valence-electron chi connectivity index (χ2n) is 3.67. The molecular weight excluding hydrogens is 300 g/mol. The fourth-order valence-electron chi connectivity index (χ4n) is 1.53. The quantitative estimate of drug-likeness (QED) is 0.921. The predicted octanol–water partition coefficient (Wildman–Crippen LogP) is 3.25. The molecule has 0 spiro atoms. The molecule has 5 heteroatoms. The van der Waals surface area contributed by atoms with Crippen LogP contribution in [0.5, 0.6) is 5.75 Å². The number of hydrogen-bond donors (Lipinski definition) is 1. The summed E-state index contributed by atoms with van der Waals surface area (Å²) in [6, 6.07) is 10.6. The lowest BCUT2D eigenvalue weighted by Gasteiger charge is -2.08. The lowest BCUT2D eigenvalue weighted by Crippen LogP contribution is -2.03. The average molecular weight is 311 g/mol. The Morgan fingerprint density at radius 2 is 2.06 bits per heavy atom. The van der Waals surface area contributed by atoms with Crippen molar-refractivity contribution in [1.82, 2.24) is 0 Å². The summed E-state index contributed by atoms with van der Waals surface area (Å²) in [6.07, 6.45) is -0.0575. The summed E-state index contributed by atoms with van der Waals surface area (Å²) < 4.78 is 11.5. The molecule has 4 nitrogen and oxygen atoms in total. The zero-order valence-corrected chi connectivity index (χ0v) is 11.0. The molecule has 0 saturated carbocycles. The van der Waals surface area contributed by atoms with E-state index in [-0.39, 0.29) is 13.0 Å². The molecule has 0 atom stereocenters. The molecule has 18 heavy (non-hydrogen) atoms. The van der Waals surface area contributed by atoms with E-state index in [4.69, 9.17) is 14.3 Å². The Hall–Kier alpha value is -1.75. The smallest absolute Gasteiger partial charge is 0.307 e. The molecule has 0 fully saturated rings. The van der Waals surface area contributed by atoms with Gasteiger partial charge in [-0.2, -0.15) is 0 Å². The molecule has 1 aromatic heterocycles. The minimum Gasteiger partial charge on any atom is -0.485 e. The van der Waals surface area contributed by atoms with E-state index in [9.17, 15) is 4.79 Å². The van der Waals surface area contributed by atoms with E-state index in [0.717, 1.165) is 0 Å². The van der Waals surface area contributed by atoms with Crippen LogP contribution in [0.25, 0.3) is 0 Å². The van der Waals surface area contributed by atoms with Crippen LogP contribution < -0.4 is 4.74 Å². The lowest BCUT2D eigenvalue weighted by molar-refractivity contribution is -0.136. The van der Waals surface area contributed by atoms with Crippen LogP contribution in [0.1, 0.15) is 11.3 Å². The van der Waals surface area contributed by atoms with Crippen LogP contribution in [-0.2, 0) is 17.8 Å². The Morgan fingerprint density at radius 3 is 2.72 bits per heavy atom. The summed E-state index contributed by atoms with van der Waals surface area (Å²) in [5.74, 6) is 0.353. The first-order valence-corrected chi connectivity index (χ1v) is 6.11. The Kier molecular flexibility index (Phi) is 4.04. The Morgan fingerprint density at radius 1 is 1.28 bits per heavy atom. The third-order valence-corrected chi connectivity index (χ3v) is 2.74. The second-order valence-corrected chi connectivity index (χ2v) is 4.45. The van der Waals surface area contributed by atoms with Gasteiger partial charge < -0.3 is 14.3 Å². The number of hydrogen-bond acceptors (Lipinski definition) is 3. The number of ether oxygens (including phenoxy) is 1. The van der Waals surface area contributed by atoms with Gasteiger partial charge in [0.15, 0.2) is 4.67 Å². The van der Waals surface area contributed by atoms with Crippen molar-refractivity contribution in [3.05, 3.63) is 52.4 Å². The van der Waals surface area contributed by atoms with E-state index >= 15 is 0 Å². The third-order valence-electron chi connectivity index (χ3n) is 2.31. The topological polar surface area (TPSA) is 59.7 Å². The minimum atomic E-state index is -0.883. The summed E-state index contributed by atoms with van der Waals surface area (Å²) >= 11 is 3.21. The summed E-state index contributed by atoms with van der Waals surface area (Å²) in [5.41, 5.74) is 0.649. The first kappa shape index (κ1) is 12.7. The van der Waals surface area contributed by atoms with Gasteiger partial charge in [-0.3, -0.25) is 4.79 Å². The van der Waals surface area contributed by atoms with E-state index in [1.807, 2.05) is 0 Å². The number of aliphatic carboxylic acids is 1. The van der Waals surface area contributed by atoms with Gasteiger partial charge in [-0.1, -0.05) is 18.2 Å². The molecule has 0 aliphatic heterocycles. The van der Waals surface area contributed by atoms with Crippen LogP contribution in [0, 0.1) is 0 Å². The van der Waals surface area contributed by atoms with Gasteiger partial charge in [-0.15, -0.1) is 0 Å². The van der Waals surface area contributed by atoms with Crippen LogP contribution in [0.2, 0.25) is 0 Å². The van der Waals surface area contributed by atoms with Crippen molar-refractivity contribution >= 4 is 21.9 Å². The van der Waals surface area contributed by atoms with Crippen molar-refractivity contribution in [1.29, 1.82) is 0 Å². The Labute approximate surface area is 112 Å². The van der Waals surface area contributed by atoms with Gasteiger partial charge in [0.1, 0.15) is 18.1 Å². The normalized spacial score (nSPS) is 10.3. The molecule has 0 radical (unpaired) electrons. The molecule has 1 heterocycles. The monoisotopic (exact) mass is 310 g/mol. The van der Waals surface area contributed by atoms with Crippen molar-refractivity contribution in [3.63, 3.8) is 0 Å². The molecule has 0 aliphatic carbocycles. The van der Waals surface area contributed by atoms with Crippen molar-refractivity contribution in [2.24, 2.45) is 0 Å². The van der Waals surface area contributed by atoms with Gasteiger partial charge in [-0.25, -0.2) is 0 Å². The summed E-state index contributed by atoms with van der Waals surface area (Å²) in [5, 5.41) is 8.80. The van der Waals surface area contributed by atoms with Gasteiger partial charge in [0, 0.05) is 5.56 Å². The van der Waals surface area contributed by atoms with Crippen molar-refractivity contribution in [2.45, 2.75) is 13.0 Å². The fraction of sp³-hybridized carbons (Fsp3) is 0.154. The van der Waals surface area contributed by atoms with Crippen LogP contribution in [-0.4, -0.2) is 11.1 Å². The summed E-state index contributed by atoms with van der Waals surface area (Å²) in [7, 11) is 0. The first-order valence-electron chi connectivity index (χ1n) is 5.32. The van der Waals surface area contributed by atoms with E-state index in [2.05, 4.69) is 15.9 Å². The highest BCUT2D eigenvalue weighted by atomic mass is 79.9. The molecule has 1 aromatic carbocycles. The van der Waals surface area contributed by atoms with Crippen LogP contribution in [0.4, 0.5) is 0 Å². The van der Waals surface area contributed by atoms with Gasteiger partial charge in [0.25, 0.3) is 0 Å². The highest BCUT2D eigenvalue weighted by Crippen LogP contribution is 2.21. The fourth-order valence-corrected chi connectivity index (χ4v) is 1.87. The molecular formula is C13H11BrO4. The SMILES string of the molecule is O=C(O)Cc1ccccc1OCc1ccc(Br)o1. The molecule has 0 amide bonds. The molecule has 0 bridgehead atoms. The van der Waals surface area contributed by atoms with Crippen LogP contribution >= 0.6 is 15.9 Å². The molecule has 94 valence electrons. The largest absolute Gasteiger partial charge is 0.485 e. The molecule has 2 aromatic rings. The number of para-hydroxylation sites is 1. The Balaban J connectivity index is 2.06. The standard InChI is InChI=1S/C13H11BrO4/c14-12-6-5-10(18-12)8-17-11-4-2-1-3-9(11)7-13(15)16/h1-6H,7-8H2,(H,15,16). The highest BCUT2D eigenvalue weighted by Gasteiger charge is 2.08. The maximum Gasteiger partial charge on any atom is 0.307 e. The van der Waals surface area contributed by atoms with Crippen molar-refractivity contribution in [2.75, 3.05) is 0 Å². The number of rotatable bonds is 5. The van der Waals surface area contributed by atoms with Crippen LogP contribution in [0.3, 0.4) is 0 Å². The number of benzene rings is 1. The lowest BCUT2D eigenvalue weighted by atomic mass is 10.1. The third kappa shape index (κ3) is 3.37. The van der Waals surface area contributed by atoms with Crippen molar-refractivity contribution < 1.29 is 19.1 Å². The first-order chi connectivity index (χ1) is 8.65. The van der Waals surface area contributed by atoms with Gasteiger partial charge >= 0.3 is 5.97 Å². The van der Waals surface area contributed by atoms with Crippen LogP contribution in [0.15, 0.2) is 45.5 Å². The van der Waals surface area contributed by atoms with Crippen molar-refractivity contribution in [3.8, 4) is 5.75 Å². The highest BCUT2D eigenvalue weighted by molar-refractivity contribution is 9.10. The van der Waals surface area contributed by atoms with Gasteiger partial charge in [0.2, 0.25) is 0 Å². The molecule has 0 aliphatic rings. The van der Waals surface area contributed by atoms with E-state index in [1.165, 1.54) is 0 Å². The number of carbonyl (C=O) groups is 1. The average Bonchev–Trinajstić information content (AvgIpc) is 2.73. The zero-order valence-electron chi connectivity index (χ0n) is 9.43. The Bertz CT molecular complexity index is 547. The molecule has 0 saturated heterocycles. The van der Waals surface area contributed by atoms with E-state index in [0.29, 0.717) is 21.7 Å². The number of furan rings is 1. The second kappa shape index (κ2) is 5.73. The zero-order chi connectivity index (χ0) is 13.0. The number of carboxylic acids is 1. The number of halogens is 1. The van der Waals surface area contributed by atoms with Gasteiger partial charge in [-0.05, 0) is 34.1 Å².